The fraction of sp³-hybridized carbons (Fsp3) is 0.545. The lowest BCUT2D eigenvalue weighted by atomic mass is 10.1. The molecule has 0 amide bonds. The number of likely N-dealkylation sites (N-methyl/N-ethyl adjacent to an activating group) is 1. The van der Waals surface area contributed by atoms with Crippen molar-refractivity contribution in [2.75, 3.05) is 7.05 Å². The van der Waals surface area contributed by atoms with Gasteiger partial charge in [0.25, 0.3) is 0 Å². The standard InChI is InChI=1S/C11H17NO3/c1-4-9(10-6-5-7-15-10)12(3)8(2)11(13)14/h5-9H,4H2,1-3H3,(H,13,14). The molecule has 2 unspecified atom stereocenters. The highest BCUT2D eigenvalue weighted by atomic mass is 16.4. The predicted molar refractivity (Wildman–Crippen MR) is 56.6 cm³/mol. The van der Waals surface area contributed by atoms with Crippen LogP contribution < -0.4 is 0 Å². The SMILES string of the molecule is CCC(c1ccco1)N(C)C(C)C(=O)O. The van der Waals surface area contributed by atoms with Gasteiger partial charge in [-0.3, -0.25) is 9.69 Å². The number of furan rings is 1. The minimum atomic E-state index is -0.817. The van der Waals surface area contributed by atoms with Gasteiger partial charge in [-0.15, -0.1) is 0 Å². The first-order chi connectivity index (χ1) is 7.07. The molecule has 1 rings (SSSR count). The minimum absolute atomic E-state index is 0.0195. The molecule has 84 valence electrons. The van der Waals surface area contributed by atoms with Crippen LogP contribution in [0.15, 0.2) is 22.8 Å². The van der Waals surface area contributed by atoms with Gasteiger partial charge < -0.3 is 9.52 Å². The van der Waals surface area contributed by atoms with Gasteiger partial charge in [-0.1, -0.05) is 6.92 Å². The first kappa shape index (κ1) is 11.8. The zero-order valence-corrected chi connectivity index (χ0v) is 9.30. The van der Waals surface area contributed by atoms with Crippen molar-refractivity contribution in [2.45, 2.75) is 32.4 Å². The summed E-state index contributed by atoms with van der Waals surface area (Å²) in [5.41, 5.74) is 0. The molecule has 0 bridgehead atoms. The molecule has 0 aliphatic carbocycles. The Balaban J connectivity index is 2.79. The molecule has 4 nitrogen and oxygen atoms in total. The lowest BCUT2D eigenvalue weighted by Crippen LogP contribution is -2.38. The van der Waals surface area contributed by atoms with Crippen LogP contribution >= 0.6 is 0 Å². The second-order valence-electron chi connectivity index (χ2n) is 3.62. The zero-order valence-electron chi connectivity index (χ0n) is 9.30. The molecule has 0 saturated heterocycles. The summed E-state index contributed by atoms with van der Waals surface area (Å²) in [4.78, 5) is 12.7. The van der Waals surface area contributed by atoms with E-state index in [2.05, 4.69) is 0 Å². The van der Waals surface area contributed by atoms with Gasteiger partial charge in [0.15, 0.2) is 0 Å². The van der Waals surface area contributed by atoms with E-state index in [1.807, 2.05) is 19.1 Å². The molecule has 1 heterocycles. The first-order valence-corrected chi connectivity index (χ1v) is 5.06. The third-order valence-corrected chi connectivity index (χ3v) is 2.72. The van der Waals surface area contributed by atoms with Gasteiger partial charge in [-0.05, 0) is 32.5 Å². The smallest absolute Gasteiger partial charge is 0.320 e. The molecule has 0 aromatic carbocycles. The van der Waals surface area contributed by atoms with E-state index in [-0.39, 0.29) is 6.04 Å². The zero-order chi connectivity index (χ0) is 11.4. The van der Waals surface area contributed by atoms with Gasteiger partial charge in [-0.2, -0.15) is 0 Å². The highest BCUT2D eigenvalue weighted by Gasteiger charge is 2.25. The summed E-state index contributed by atoms with van der Waals surface area (Å²) < 4.78 is 5.30. The van der Waals surface area contributed by atoms with E-state index < -0.39 is 12.0 Å². The van der Waals surface area contributed by atoms with Crippen molar-refractivity contribution in [1.29, 1.82) is 0 Å². The van der Waals surface area contributed by atoms with Crippen LogP contribution in [0.25, 0.3) is 0 Å². The van der Waals surface area contributed by atoms with E-state index in [1.165, 1.54) is 0 Å². The summed E-state index contributed by atoms with van der Waals surface area (Å²) in [6, 6.07) is 3.20. The van der Waals surface area contributed by atoms with Crippen LogP contribution in [0.2, 0.25) is 0 Å². The van der Waals surface area contributed by atoms with E-state index in [4.69, 9.17) is 9.52 Å². The fourth-order valence-electron chi connectivity index (χ4n) is 1.61. The second-order valence-corrected chi connectivity index (χ2v) is 3.62. The topological polar surface area (TPSA) is 53.7 Å². The molecular formula is C11H17NO3. The molecular weight excluding hydrogens is 194 g/mol. The Hall–Kier alpha value is -1.29. The van der Waals surface area contributed by atoms with Gasteiger partial charge >= 0.3 is 5.97 Å². The molecule has 1 aromatic rings. The second kappa shape index (κ2) is 4.98. The molecule has 1 aromatic heterocycles. The average molecular weight is 211 g/mol. The van der Waals surface area contributed by atoms with Crippen LogP contribution in [0.1, 0.15) is 32.1 Å². The van der Waals surface area contributed by atoms with E-state index >= 15 is 0 Å². The molecule has 0 fully saturated rings. The van der Waals surface area contributed by atoms with Crippen molar-refractivity contribution in [3.63, 3.8) is 0 Å². The van der Waals surface area contributed by atoms with Crippen molar-refractivity contribution >= 4 is 5.97 Å². The highest BCUT2D eigenvalue weighted by molar-refractivity contribution is 5.72. The van der Waals surface area contributed by atoms with Crippen LogP contribution in [0, 0.1) is 0 Å². The van der Waals surface area contributed by atoms with Crippen molar-refractivity contribution < 1.29 is 14.3 Å². The molecule has 0 radical (unpaired) electrons. The maximum Gasteiger partial charge on any atom is 0.320 e. The normalized spacial score (nSPS) is 15.2. The number of carbonyl (C=O) groups is 1. The van der Waals surface area contributed by atoms with Crippen LogP contribution in [-0.4, -0.2) is 29.1 Å². The Morgan fingerprint density at radius 1 is 1.67 bits per heavy atom. The Kier molecular flexibility index (Phi) is 3.91. The van der Waals surface area contributed by atoms with E-state index in [0.717, 1.165) is 12.2 Å². The van der Waals surface area contributed by atoms with Crippen LogP contribution in [0.4, 0.5) is 0 Å². The number of hydrogen-bond donors (Lipinski definition) is 1. The number of carboxylic acid groups (broad SMARTS) is 1. The van der Waals surface area contributed by atoms with Crippen LogP contribution in [-0.2, 0) is 4.79 Å². The summed E-state index contributed by atoms with van der Waals surface area (Å²) in [6.45, 7) is 3.69. The van der Waals surface area contributed by atoms with Gasteiger partial charge in [0.1, 0.15) is 11.8 Å². The summed E-state index contributed by atoms with van der Waals surface area (Å²) in [7, 11) is 1.80. The Labute approximate surface area is 89.5 Å². The summed E-state index contributed by atoms with van der Waals surface area (Å²) in [5, 5.41) is 8.92. The Bertz CT molecular complexity index is 308. The van der Waals surface area contributed by atoms with Gasteiger partial charge in [-0.25, -0.2) is 0 Å². The third kappa shape index (κ3) is 2.59. The molecule has 2 atom stereocenters. The van der Waals surface area contributed by atoms with Crippen LogP contribution in [0.5, 0.6) is 0 Å². The molecule has 0 spiro atoms. The van der Waals surface area contributed by atoms with Crippen molar-refractivity contribution in [1.82, 2.24) is 4.90 Å². The Morgan fingerprint density at radius 3 is 2.73 bits per heavy atom. The Morgan fingerprint density at radius 2 is 2.33 bits per heavy atom. The average Bonchev–Trinajstić information content (AvgIpc) is 2.70. The number of hydrogen-bond acceptors (Lipinski definition) is 3. The lowest BCUT2D eigenvalue weighted by molar-refractivity contribution is -0.143. The van der Waals surface area contributed by atoms with Gasteiger partial charge in [0, 0.05) is 0 Å². The number of aliphatic carboxylic acids is 1. The largest absolute Gasteiger partial charge is 0.480 e. The number of carboxylic acids is 1. The van der Waals surface area contributed by atoms with E-state index in [0.29, 0.717) is 0 Å². The molecule has 15 heavy (non-hydrogen) atoms. The molecule has 1 N–H and O–H groups in total. The van der Waals surface area contributed by atoms with Crippen LogP contribution in [0.3, 0.4) is 0 Å². The van der Waals surface area contributed by atoms with E-state index in [1.54, 1.807) is 25.1 Å². The molecule has 0 aliphatic heterocycles. The molecule has 0 saturated carbocycles. The summed E-state index contributed by atoms with van der Waals surface area (Å²) in [5.74, 6) is -0.00407. The molecule has 4 heteroatoms. The molecule has 0 aliphatic rings. The van der Waals surface area contributed by atoms with Gasteiger partial charge in [0.05, 0.1) is 12.3 Å². The summed E-state index contributed by atoms with van der Waals surface area (Å²) >= 11 is 0. The maximum absolute atomic E-state index is 10.9. The first-order valence-electron chi connectivity index (χ1n) is 5.06. The quantitative estimate of drug-likeness (QED) is 0.810. The highest BCUT2D eigenvalue weighted by Crippen LogP contribution is 2.24. The number of rotatable bonds is 5. The maximum atomic E-state index is 10.9. The van der Waals surface area contributed by atoms with Crippen molar-refractivity contribution in [3.8, 4) is 0 Å². The van der Waals surface area contributed by atoms with Crippen molar-refractivity contribution in [3.05, 3.63) is 24.2 Å². The third-order valence-electron chi connectivity index (χ3n) is 2.72. The lowest BCUT2D eigenvalue weighted by Gasteiger charge is -2.28. The summed E-state index contributed by atoms with van der Waals surface area (Å²) in [6.07, 6.45) is 2.43. The minimum Gasteiger partial charge on any atom is -0.480 e. The number of nitrogens with zero attached hydrogens (tertiary/aromatic N) is 1. The van der Waals surface area contributed by atoms with Gasteiger partial charge in [0.2, 0.25) is 0 Å². The monoisotopic (exact) mass is 211 g/mol. The van der Waals surface area contributed by atoms with E-state index in [9.17, 15) is 4.79 Å². The fourth-order valence-corrected chi connectivity index (χ4v) is 1.61. The predicted octanol–water partition coefficient (Wildman–Crippen LogP) is 2.14. The van der Waals surface area contributed by atoms with Crippen molar-refractivity contribution in [2.24, 2.45) is 0 Å².